The van der Waals surface area contributed by atoms with E-state index in [1.807, 2.05) is 18.5 Å². The van der Waals surface area contributed by atoms with Crippen LogP contribution in [-0.2, 0) is 0 Å². The van der Waals surface area contributed by atoms with Crippen LogP contribution in [-0.4, -0.2) is 9.97 Å². The van der Waals surface area contributed by atoms with Gasteiger partial charge in [0.1, 0.15) is 4.60 Å². The lowest BCUT2D eigenvalue weighted by atomic mass is 10.3. The van der Waals surface area contributed by atoms with Crippen molar-refractivity contribution in [3.63, 3.8) is 0 Å². The number of hydrogen-bond donors (Lipinski definition) is 1. The molecule has 4 heteroatoms. The highest BCUT2D eigenvalue weighted by atomic mass is 79.9. The molecule has 2 nitrogen and oxygen atoms in total. The zero-order valence-corrected chi connectivity index (χ0v) is 8.61. The summed E-state index contributed by atoms with van der Waals surface area (Å²) in [5.41, 5.74) is 1.08. The summed E-state index contributed by atoms with van der Waals surface area (Å²) < 4.78 is 1.90. The average Bonchev–Trinajstić information content (AvgIpc) is 2.32. The van der Waals surface area contributed by atoms with E-state index in [2.05, 4.69) is 41.8 Å². The standard InChI is InChI=1S/C7H4Br2N2/c8-5-3-10-6-1-7(9)11-2-4(5)6/h1-3,10H. The first-order valence-corrected chi connectivity index (χ1v) is 4.64. The molecule has 0 fully saturated rings. The van der Waals surface area contributed by atoms with Crippen LogP contribution in [0.15, 0.2) is 27.5 Å². The van der Waals surface area contributed by atoms with Gasteiger partial charge in [0.15, 0.2) is 0 Å². The molecule has 0 saturated carbocycles. The van der Waals surface area contributed by atoms with Gasteiger partial charge in [0.05, 0.1) is 5.52 Å². The van der Waals surface area contributed by atoms with Crippen molar-refractivity contribution in [1.29, 1.82) is 0 Å². The molecular weight excluding hydrogens is 272 g/mol. The molecule has 56 valence electrons. The van der Waals surface area contributed by atoms with E-state index in [4.69, 9.17) is 0 Å². The summed E-state index contributed by atoms with van der Waals surface area (Å²) >= 11 is 6.70. The summed E-state index contributed by atoms with van der Waals surface area (Å²) in [6.07, 6.45) is 3.72. The van der Waals surface area contributed by atoms with Crippen LogP contribution in [0.1, 0.15) is 0 Å². The van der Waals surface area contributed by atoms with E-state index in [9.17, 15) is 0 Å². The van der Waals surface area contributed by atoms with E-state index in [1.54, 1.807) is 0 Å². The van der Waals surface area contributed by atoms with Crippen molar-refractivity contribution >= 4 is 42.8 Å². The molecule has 0 atom stereocenters. The highest BCUT2D eigenvalue weighted by molar-refractivity contribution is 9.11. The summed E-state index contributed by atoms with van der Waals surface area (Å²) in [4.78, 5) is 7.22. The number of H-pyrrole nitrogens is 1. The highest BCUT2D eigenvalue weighted by Crippen LogP contribution is 2.23. The van der Waals surface area contributed by atoms with Crippen LogP contribution < -0.4 is 0 Å². The molecule has 0 aliphatic heterocycles. The fraction of sp³-hybridized carbons (Fsp3) is 0. The summed E-state index contributed by atoms with van der Waals surface area (Å²) in [5.74, 6) is 0. The van der Waals surface area contributed by atoms with Gasteiger partial charge in [-0.05, 0) is 37.9 Å². The van der Waals surface area contributed by atoms with Crippen LogP contribution in [0, 0.1) is 0 Å². The second kappa shape index (κ2) is 2.60. The summed E-state index contributed by atoms with van der Waals surface area (Å²) in [6.45, 7) is 0. The lowest BCUT2D eigenvalue weighted by Gasteiger charge is -1.89. The van der Waals surface area contributed by atoms with Gasteiger partial charge in [-0.2, -0.15) is 0 Å². The Morgan fingerprint density at radius 3 is 3.00 bits per heavy atom. The number of aromatic nitrogens is 2. The quantitative estimate of drug-likeness (QED) is 0.736. The van der Waals surface area contributed by atoms with Crippen molar-refractivity contribution < 1.29 is 0 Å². The van der Waals surface area contributed by atoms with E-state index < -0.39 is 0 Å². The molecule has 1 N–H and O–H groups in total. The summed E-state index contributed by atoms with van der Waals surface area (Å²) in [7, 11) is 0. The summed E-state index contributed by atoms with van der Waals surface area (Å²) in [5, 5.41) is 1.10. The molecule has 0 aliphatic carbocycles. The van der Waals surface area contributed by atoms with Gasteiger partial charge in [0.2, 0.25) is 0 Å². The van der Waals surface area contributed by atoms with Crippen molar-refractivity contribution in [3.8, 4) is 0 Å². The Hall–Kier alpha value is -0.350. The Labute approximate surface area is 80.3 Å². The first-order valence-electron chi connectivity index (χ1n) is 3.05. The van der Waals surface area contributed by atoms with Gasteiger partial charge < -0.3 is 4.98 Å². The minimum Gasteiger partial charge on any atom is -0.360 e. The molecule has 0 radical (unpaired) electrons. The first-order chi connectivity index (χ1) is 5.27. The van der Waals surface area contributed by atoms with Crippen LogP contribution in [0.25, 0.3) is 10.9 Å². The van der Waals surface area contributed by atoms with Gasteiger partial charge in [-0.3, -0.25) is 0 Å². The molecule has 2 heterocycles. The van der Waals surface area contributed by atoms with Crippen molar-refractivity contribution in [1.82, 2.24) is 9.97 Å². The third-order valence-electron chi connectivity index (χ3n) is 1.48. The van der Waals surface area contributed by atoms with Crippen LogP contribution in [0.2, 0.25) is 0 Å². The lowest BCUT2D eigenvalue weighted by Crippen LogP contribution is -1.73. The van der Waals surface area contributed by atoms with E-state index in [0.717, 1.165) is 20.0 Å². The molecule has 0 spiro atoms. The Balaban J connectivity index is 2.86. The molecule has 0 unspecified atom stereocenters. The Kier molecular flexibility index (Phi) is 1.73. The Morgan fingerprint density at radius 1 is 1.36 bits per heavy atom. The SMILES string of the molecule is Brc1cc2[nH]cc(Br)c2cn1. The zero-order chi connectivity index (χ0) is 7.84. The molecule has 11 heavy (non-hydrogen) atoms. The maximum atomic E-state index is 4.11. The van der Waals surface area contributed by atoms with Crippen molar-refractivity contribution in [2.45, 2.75) is 0 Å². The fourth-order valence-electron chi connectivity index (χ4n) is 0.958. The number of fused-ring (bicyclic) bond motifs is 1. The van der Waals surface area contributed by atoms with E-state index in [1.165, 1.54) is 0 Å². The molecule has 2 aromatic heterocycles. The minimum absolute atomic E-state index is 0.847. The highest BCUT2D eigenvalue weighted by Gasteiger charge is 2.00. The monoisotopic (exact) mass is 274 g/mol. The first kappa shape index (κ1) is 7.31. The molecule has 0 aliphatic rings. The van der Waals surface area contributed by atoms with Gasteiger partial charge in [0.25, 0.3) is 0 Å². The number of nitrogens with one attached hydrogen (secondary N) is 1. The number of pyridine rings is 1. The predicted octanol–water partition coefficient (Wildman–Crippen LogP) is 3.09. The van der Waals surface area contributed by atoms with E-state index >= 15 is 0 Å². The van der Waals surface area contributed by atoms with Gasteiger partial charge >= 0.3 is 0 Å². The largest absolute Gasteiger partial charge is 0.360 e. The van der Waals surface area contributed by atoms with Crippen LogP contribution in [0.4, 0.5) is 0 Å². The number of nitrogens with zero attached hydrogens (tertiary/aromatic N) is 1. The molecule has 0 bridgehead atoms. The zero-order valence-electron chi connectivity index (χ0n) is 5.44. The Bertz CT molecular complexity index is 394. The normalized spacial score (nSPS) is 10.7. The van der Waals surface area contributed by atoms with Crippen LogP contribution in [0.3, 0.4) is 0 Å². The molecule has 2 aromatic rings. The third-order valence-corrected chi connectivity index (χ3v) is 2.57. The number of rotatable bonds is 0. The maximum Gasteiger partial charge on any atom is 0.108 e. The molecule has 2 rings (SSSR count). The molecular formula is C7H4Br2N2. The number of hydrogen-bond acceptors (Lipinski definition) is 1. The smallest absolute Gasteiger partial charge is 0.108 e. The topological polar surface area (TPSA) is 28.7 Å². The third kappa shape index (κ3) is 1.20. The van der Waals surface area contributed by atoms with E-state index in [-0.39, 0.29) is 0 Å². The van der Waals surface area contributed by atoms with Crippen molar-refractivity contribution in [3.05, 3.63) is 27.5 Å². The van der Waals surface area contributed by atoms with Crippen molar-refractivity contribution in [2.75, 3.05) is 0 Å². The second-order valence-electron chi connectivity index (χ2n) is 2.19. The van der Waals surface area contributed by atoms with Crippen LogP contribution >= 0.6 is 31.9 Å². The molecule has 0 amide bonds. The van der Waals surface area contributed by atoms with Gasteiger partial charge in [-0.15, -0.1) is 0 Å². The summed E-state index contributed by atoms with van der Waals surface area (Å²) in [6, 6.07) is 1.94. The van der Waals surface area contributed by atoms with Gasteiger partial charge in [-0.1, -0.05) is 0 Å². The second-order valence-corrected chi connectivity index (χ2v) is 3.86. The van der Waals surface area contributed by atoms with Crippen LogP contribution in [0.5, 0.6) is 0 Å². The predicted molar refractivity (Wildman–Crippen MR) is 51.5 cm³/mol. The fourth-order valence-corrected chi connectivity index (χ4v) is 1.72. The number of halogens is 2. The number of aromatic amines is 1. The van der Waals surface area contributed by atoms with Gasteiger partial charge in [-0.25, -0.2) is 4.98 Å². The van der Waals surface area contributed by atoms with Gasteiger partial charge in [0, 0.05) is 22.3 Å². The molecule has 0 aromatic carbocycles. The minimum atomic E-state index is 0.847. The van der Waals surface area contributed by atoms with E-state index in [0.29, 0.717) is 0 Å². The average molecular weight is 276 g/mol. The Morgan fingerprint density at radius 2 is 2.18 bits per heavy atom. The maximum absolute atomic E-state index is 4.11. The lowest BCUT2D eigenvalue weighted by molar-refractivity contribution is 1.30. The van der Waals surface area contributed by atoms with Crippen molar-refractivity contribution in [2.24, 2.45) is 0 Å². The molecule has 0 saturated heterocycles.